The Morgan fingerprint density at radius 2 is 1.14 bits per heavy atom. The number of hydrogen-bond acceptors (Lipinski definition) is 1. The summed E-state index contributed by atoms with van der Waals surface area (Å²) in [7, 11) is 16.1. The average molecular weight is 370 g/mol. The van der Waals surface area contributed by atoms with Crippen molar-refractivity contribution in [2.75, 3.05) is 21.1 Å². The predicted molar refractivity (Wildman–Crippen MR) is 90.1 cm³/mol. The maximum absolute atomic E-state index is 4.89. The monoisotopic (exact) mass is 369 g/mol. The van der Waals surface area contributed by atoms with Gasteiger partial charge in [0.15, 0.2) is 0 Å². The standard InChI is InChI=1S/C15H29N3.2ClH.Ti/c1-16-12-8-4-6-10-14(12)18(3)15-11-7-5-9-13(15)17-2;;;/h12-15H,4-11H2,1-3H3;2*1H;/q-2;;;+2/p-2. The van der Waals surface area contributed by atoms with Crippen LogP contribution in [-0.2, 0) is 17.0 Å². The summed E-state index contributed by atoms with van der Waals surface area (Å²) in [4.78, 5) is 2.63. The van der Waals surface area contributed by atoms with Crippen LogP contribution in [0.4, 0.5) is 0 Å². The summed E-state index contributed by atoms with van der Waals surface area (Å²) in [6.07, 6.45) is 10.7. The van der Waals surface area contributed by atoms with Crippen molar-refractivity contribution in [3.8, 4) is 0 Å². The maximum atomic E-state index is 4.89. The van der Waals surface area contributed by atoms with E-state index in [9.17, 15) is 0 Å². The van der Waals surface area contributed by atoms with E-state index in [1.165, 1.54) is 51.4 Å². The Morgan fingerprint density at radius 1 is 0.810 bits per heavy atom. The molecule has 0 heterocycles. The molecule has 0 N–H and O–H groups in total. The average Bonchev–Trinajstić information content (AvgIpc) is 2.54. The van der Waals surface area contributed by atoms with Crippen molar-refractivity contribution in [2.24, 2.45) is 0 Å². The first-order valence-electron chi connectivity index (χ1n) is 8.05. The van der Waals surface area contributed by atoms with E-state index in [1.54, 1.807) is 0 Å². The van der Waals surface area contributed by atoms with Crippen LogP contribution >= 0.6 is 18.6 Å². The molecule has 2 aliphatic carbocycles. The molecule has 2 saturated carbocycles. The molecule has 2 fully saturated rings. The third kappa shape index (κ3) is 6.29. The van der Waals surface area contributed by atoms with Gasteiger partial charge in [0.25, 0.3) is 0 Å². The Morgan fingerprint density at radius 3 is 1.48 bits per heavy atom. The molecule has 0 aromatic rings. The van der Waals surface area contributed by atoms with Gasteiger partial charge in [-0.2, -0.15) is 14.1 Å². The number of halogens is 2. The molecule has 21 heavy (non-hydrogen) atoms. The van der Waals surface area contributed by atoms with Gasteiger partial charge in [-0.1, -0.05) is 38.5 Å². The fraction of sp³-hybridized carbons (Fsp3) is 1.00. The van der Waals surface area contributed by atoms with Gasteiger partial charge < -0.3 is 15.5 Å². The van der Waals surface area contributed by atoms with Crippen molar-refractivity contribution in [2.45, 2.75) is 75.5 Å². The number of rotatable bonds is 4. The van der Waals surface area contributed by atoms with E-state index in [0.717, 1.165) is 0 Å². The zero-order valence-electron chi connectivity index (χ0n) is 13.6. The van der Waals surface area contributed by atoms with E-state index in [1.807, 2.05) is 14.1 Å². The molecule has 3 nitrogen and oxygen atoms in total. The second-order valence-corrected chi connectivity index (χ2v) is 8.67. The molecule has 0 amide bonds. The van der Waals surface area contributed by atoms with Gasteiger partial charge in [0.05, 0.1) is 0 Å². The van der Waals surface area contributed by atoms with Gasteiger partial charge in [0.2, 0.25) is 0 Å². The summed E-state index contributed by atoms with van der Waals surface area (Å²) < 4.78 is 0. The van der Waals surface area contributed by atoms with Crippen LogP contribution in [0.2, 0.25) is 0 Å². The molecule has 0 radical (unpaired) electrons. The minimum atomic E-state index is -0.556. The molecule has 0 aromatic carbocycles. The SMILES string of the molecule is C[N-]C1CCCCC1N(C)C1CCCCC1[N-]C.[Cl][Ti][Cl]. The topological polar surface area (TPSA) is 31.4 Å². The normalized spacial score (nSPS) is 33.2. The molecule has 6 heteroatoms. The third-order valence-electron chi connectivity index (χ3n) is 5.10. The zero-order chi connectivity index (χ0) is 15.7. The van der Waals surface area contributed by atoms with E-state index in [4.69, 9.17) is 18.6 Å². The van der Waals surface area contributed by atoms with Crippen LogP contribution in [0.15, 0.2) is 0 Å². The number of nitrogens with zero attached hydrogens (tertiary/aromatic N) is 3. The Bertz CT molecular complexity index is 247. The van der Waals surface area contributed by atoms with Crippen molar-refractivity contribution in [3.05, 3.63) is 10.6 Å². The summed E-state index contributed by atoms with van der Waals surface area (Å²) in [5, 5.41) is 9.25. The van der Waals surface area contributed by atoms with Crippen LogP contribution in [0.25, 0.3) is 10.6 Å². The van der Waals surface area contributed by atoms with Crippen LogP contribution in [0.5, 0.6) is 0 Å². The third-order valence-corrected chi connectivity index (χ3v) is 5.10. The summed E-state index contributed by atoms with van der Waals surface area (Å²) in [6.45, 7) is 0. The molecule has 124 valence electrons. The Hall–Kier alpha value is 1.17. The van der Waals surface area contributed by atoms with Gasteiger partial charge in [0, 0.05) is 0 Å². The fourth-order valence-electron chi connectivity index (χ4n) is 3.98. The van der Waals surface area contributed by atoms with Gasteiger partial charge in [0.1, 0.15) is 0 Å². The van der Waals surface area contributed by atoms with Crippen LogP contribution in [0, 0.1) is 0 Å². The summed E-state index contributed by atoms with van der Waals surface area (Å²) >= 11 is -0.556. The van der Waals surface area contributed by atoms with Crippen molar-refractivity contribution < 1.29 is 17.0 Å². The van der Waals surface area contributed by atoms with Crippen LogP contribution in [-0.4, -0.2) is 50.2 Å². The van der Waals surface area contributed by atoms with E-state index in [-0.39, 0.29) is 0 Å². The molecule has 0 bridgehead atoms. The van der Waals surface area contributed by atoms with Crippen LogP contribution < -0.4 is 0 Å². The van der Waals surface area contributed by atoms with Crippen molar-refractivity contribution in [1.29, 1.82) is 0 Å². The van der Waals surface area contributed by atoms with Crippen molar-refractivity contribution in [3.63, 3.8) is 0 Å². The Balaban J connectivity index is 0.000000677. The minimum absolute atomic E-state index is 0.556. The molecule has 4 atom stereocenters. The van der Waals surface area contributed by atoms with Crippen molar-refractivity contribution in [1.82, 2.24) is 4.90 Å². The molecular formula is C15H29Cl2N3Ti-2. The van der Waals surface area contributed by atoms with Gasteiger partial charge in [-0.25, -0.2) is 0 Å². The number of hydrogen-bond donors (Lipinski definition) is 0. The van der Waals surface area contributed by atoms with Gasteiger partial charge in [-0.15, -0.1) is 12.1 Å². The van der Waals surface area contributed by atoms with E-state index < -0.39 is 17.0 Å². The first kappa shape index (κ1) is 20.2. The molecule has 0 spiro atoms. The Kier molecular flexibility index (Phi) is 11.2. The predicted octanol–water partition coefficient (Wildman–Crippen LogP) is 4.92. The van der Waals surface area contributed by atoms with Crippen LogP contribution in [0.3, 0.4) is 0 Å². The van der Waals surface area contributed by atoms with Gasteiger partial charge >= 0.3 is 35.6 Å². The summed E-state index contributed by atoms with van der Waals surface area (Å²) in [6, 6.07) is 2.44. The van der Waals surface area contributed by atoms with Crippen LogP contribution in [0.1, 0.15) is 51.4 Å². The molecule has 0 aliphatic heterocycles. The summed E-state index contributed by atoms with van der Waals surface area (Å²) in [5.74, 6) is 0. The zero-order valence-corrected chi connectivity index (χ0v) is 16.6. The molecular weight excluding hydrogens is 341 g/mol. The van der Waals surface area contributed by atoms with Gasteiger partial charge in [-0.05, 0) is 32.0 Å². The van der Waals surface area contributed by atoms with E-state index in [2.05, 4.69) is 22.6 Å². The molecule has 0 aromatic heterocycles. The first-order chi connectivity index (χ1) is 10.2. The van der Waals surface area contributed by atoms with Gasteiger partial charge in [-0.3, -0.25) is 0 Å². The molecule has 0 saturated heterocycles. The second-order valence-electron chi connectivity index (χ2n) is 6.09. The number of likely N-dealkylation sites (N-methyl/N-ethyl adjacent to an activating group) is 3. The van der Waals surface area contributed by atoms with Crippen molar-refractivity contribution >= 4 is 18.6 Å². The first-order valence-corrected chi connectivity index (χ1v) is 12.3. The Labute approximate surface area is 147 Å². The van der Waals surface area contributed by atoms with E-state index >= 15 is 0 Å². The molecule has 4 unspecified atom stereocenters. The second kappa shape index (κ2) is 11.7. The molecule has 2 rings (SSSR count). The fourth-order valence-corrected chi connectivity index (χ4v) is 3.98. The summed E-state index contributed by atoms with van der Waals surface area (Å²) in [5.41, 5.74) is 0. The van der Waals surface area contributed by atoms with E-state index in [0.29, 0.717) is 24.2 Å². The molecule has 2 aliphatic rings. The quantitative estimate of drug-likeness (QED) is 0.646.